The van der Waals surface area contributed by atoms with E-state index in [2.05, 4.69) is 45.0 Å². The van der Waals surface area contributed by atoms with Crippen molar-refractivity contribution < 1.29 is 0 Å². The fraction of sp³-hybridized carbons (Fsp3) is 0.538. The van der Waals surface area contributed by atoms with Crippen LogP contribution in [-0.2, 0) is 6.42 Å². The molecular formula is C13H19Cl. The number of hydrogen-bond acceptors (Lipinski definition) is 0. The van der Waals surface area contributed by atoms with E-state index in [1.165, 1.54) is 11.1 Å². The quantitative estimate of drug-likeness (QED) is 0.648. The van der Waals surface area contributed by atoms with Gasteiger partial charge in [0.15, 0.2) is 0 Å². The Morgan fingerprint density at radius 1 is 1.14 bits per heavy atom. The van der Waals surface area contributed by atoms with Gasteiger partial charge < -0.3 is 0 Å². The molecule has 0 radical (unpaired) electrons. The Morgan fingerprint density at radius 2 is 1.71 bits per heavy atom. The highest BCUT2D eigenvalue weighted by molar-refractivity contribution is 6.20. The summed E-state index contributed by atoms with van der Waals surface area (Å²) in [7, 11) is 0. The molecular weight excluding hydrogens is 192 g/mol. The maximum absolute atomic E-state index is 6.10. The minimum absolute atomic E-state index is 0.278. The highest BCUT2D eigenvalue weighted by atomic mass is 35.5. The van der Waals surface area contributed by atoms with Gasteiger partial charge in [0.05, 0.1) is 0 Å². The topological polar surface area (TPSA) is 0 Å². The lowest BCUT2D eigenvalue weighted by atomic mass is 10.00. The van der Waals surface area contributed by atoms with E-state index in [1.807, 2.05) is 0 Å². The molecule has 1 atom stereocenters. The fourth-order valence-corrected chi connectivity index (χ4v) is 1.62. The minimum Gasteiger partial charge on any atom is -0.123 e. The summed E-state index contributed by atoms with van der Waals surface area (Å²) in [5.74, 6) is 0.613. The third kappa shape index (κ3) is 3.34. The molecule has 0 bridgehead atoms. The van der Waals surface area contributed by atoms with E-state index in [0.717, 1.165) is 12.8 Å². The summed E-state index contributed by atoms with van der Waals surface area (Å²) >= 11 is 6.10. The van der Waals surface area contributed by atoms with E-state index in [9.17, 15) is 0 Å². The van der Waals surface area contributed by atoms with Crippen LogP contribution in [0.1, 0.15) is 44.2 Å². The summed E-state index contributed by atoms with van der Waals surface area (Å²) in [5, 5.41) is 0.278. The normalized spacial score (nSPS) is 13.2. The monoisotopic (exact) mass is 210 g/mol. The Morgan fingerprint density at radius 3 is 2.14 bits per heavy atom. The number of rotatable bonds is 4. The van der Waals surface area contributed by atoms with Gasteiger partial charge in [-0.05, 0) is 29.9 Å². The number of halogens is 1. The Hall–Kier alpha value is -0.490. The van der Waals surface area contributed by atoms with E-state index in [4.69, 9.17) is 11.6 Å². The van der Waals surface area contributed by atoms with Gasteiger partial charge in [0.25, 0.3) is 0 Å². The lowest BCUT2D eigenvalue weighted by molar-refractivity contribution is 0.802. The van der Waals surface area contributed by atoms with Gasteiger partial charge >= 0.3 is 0 Å². The molecule has 0 spiro atoms. The molecule has 1 heteroatoms. The van der Waals surface area contributed by atoms with Crippen molar-refractivity contribution in [1.82, 2.24) is 0 Å². The van der Waals surface area contributed by atoms with E-state index >= 15 is 0 Å². The standard InChI is InChI=1S/C13H19Cl/c1-4-13(14)9-11-5-7-12(8-6-11)10(2)3/h5-8,10,13H,4,9H2,1-3H3. The molecule has 1 aromatic carbocycles. The van der Waals surface area contributed by atoms with Crippen LogP contribution >= 0.6 is 11.6 Å². The average Bonchev–Trinajstić information content (AvgIpc) is 2.18. The highest BCUT2D eigenvalue weighted by Gasteiger charge is 2.03. The zero-order valence-electron chi connectivity index (χ0n) is 9.26. The smallest absolute Gasteiger partial charge is 0.0373 e. The maximum Gasteiger partial charge on any atom is 0.0373 e. The van der Waals surface area contributed by atoms with Crippen molar-refractivity contribution in [2.75, 3.05) is 0 Å². The average molecular weight is 211 g/mol. The Bertz CT molecular complexity index is 261. The van der Waals surface area contributed by atoms with Gasteiger partial charge in [-0.15, -0.1) is 11.6 Å². The maximum atomic E-state index is 6.10. The third-order valence-electron chi connectivity index (χ3n) is 2.55. The first-order chi connectivity index (χ1) is 6.63. The summed E-state index contributed by atoms with van der Waals surface area (Å²) in [5.41, 5.74) is 2.74. The second kappa shape index (κ2) is 5.41. The van der Waals surface area contributed by atoms with E-state index in [-0.39, 0.29) is 5.38 Å². The molecule has 0 nitrogen and oxygen atoms in total. The van der Waals surface area contributed by atoms with Gasteiger partial charge in [-0.2, -0.15) is 0 Å². The first-order valence-electron chi connectivity index (χ1n) is 5.36. The van der Waals surface area contributed by atoms with Crippen LogP contribution in [0, 0.1) is 0 Å². The lowest BCUT2D eigenvalue weighted by Gasteiger charge is -2.09. The molecule has 0 saturated heterocycles. The van der Waals surface area contributed by atoms with Gasteiger partial charge in [-0.1, -0.05) is 45.0 Å². The minimum atomic E-state index is 0.278. The molecule has 1 unspecified atom stereocenters. The molecule has 0 heterocycles. The molecule has 1 aromatic rings. The van der Waals surface area contributed by atoms with Crippen molar-refractivity contribution in [2.45, 2.75) is 44.9 Å². The molecule has 0 fully saturated rings. The number of benzene rings is 1. The van der Waals surface area contributed by atoms with Gasteiger partial charge in [-0.3, -0.25) is 0 Å². The van der Waals surface area contributed by atoms with Crippen molar-refractivity contribution in [3.8, 4) is 0 Å². The zero-order chi connectivity index (χ0) is 10.6. The van der Waals surface area contributed by atoms with Gasteiger partial charge in [-0.25, -0.2) is 0 Å². The summed E-state index contributed by atoms with van der Waals surface area (Å²) in [4.78, 5) is 0. The van der Waals surface area contributed by atoms with Gasteiger partial charge in [0.2, 0.25) is 0 Å². The molecule has 0 aliphatic heterocycles. The molecule has 1 rings (SSSR count). The summed E-state index contributed by atoms with van der Waals surface area (Å²) in [6, 6.07) is 8.80. The van der Waals surface area contributed by atoms with Crippen LogP contribution in [0.4, 0.5) is 0 Å². The van der Waals surface area contributed by atoms with Crippen molar-refractivity contribution in [3.05, 3.63) is 35.4 Å². The Labute approximate surface area is 92.3 Å². The first kappa shape index (κ1) is 11.6. The molecule has 0 aliphatic rings. The summed E-state index contributed by atoms with van der Waals surface area (Å²) < 4.78 is 0. The van der Waals surface area contributed by atoms with E-state index < -0.39 is 0 Å². The van der Waals surface area contributed by atoms with Crippen LogP contribution in [0.3, 0.4) is 0 Å². The highest BCUT2D eigenvalue weighted by Crippen LogP contribution is 2.17. The molecule has 14 heavy (non-hydrogen) atoms. The fourth-order valence-electron chi connectivity index (χ4n) is 1.44. The van der Waals surface area contributed by atoms with E-state index in [0.29, 0.717) is 5.92 Å². The van der Waals surface area contributed by atoms with Crippen molar-refractivity contribution in [2.24, 2.45) is 0 Å². The molecule has 0 amide bonds. The van der Waals surface area contributed by atoms with E-state index in [1.54, 1.807) is 0 Å². The second-order valence-corrected chi connectivity index (χ2v) is 4.72. The summed E-state index contributed by atoms with van der Waals surface area (Å²) in [6.07, 6.45) is 2.02. The Balaban J connectivity index is 2.64. The van der Waals surface area contributed by atoms with Crippen molar-refractivity contribution >= 4 is 11.6 Å². The van der Waals surface area contributed by atoms with Gasteiger partial charge in [0, 0.05) is 5.38 Å². The predicted molar refractivity (Wildman–Crippen MR) is 64.2 cm³/mol. The van der Waals surface area contributed by atoms with Crippen LogP contribution in [0.2, 0.25) is 0 Å². The van der Waals surface area contributed by atoms with Crippen molar-refractivity contribution in [3.63, 3.8) is 0 Å². The van der Waals surface area contributed by atoms with Crippen LogP contribution in [0.25, 0.3) is 0 Å². The third-order valence-corrected chi connectivity index (χ3v) is 3.01. The van der Waals surface area contributed by atoms with Crippen molar-refractivity contribution in [1.29, 1.82) is 0 Å². The second-order valence-electron chi connectivity index (χ2n) is 4.11. The first-order valence-corrected chi connectivity index (χ1v) is 5.80. The van der Waals surface area contributed by atoms with Crippen LogP contribution < -0.4 is 0 Å². The van der Waals surface area contributed by atoms with Crippen LogP contribution in [0.15, 0.2) is 24.3 Å². The van der Waals surface area contributed by atoms with Crippen LogP contribution in [-0.4, -0.2) is 5.38 Å². The molecule has 0 aliphatic carbocycles. The lowest BCUT2D eigenvalue weighted by Crippen LogP contribution is -2.01. The molecule has 0 N–H and O–H groups in total. The predicted octanol–water partition coefficient (Wildman–Crippen LogP) is 4.37. The SMILES string of the molecule is CCC(Cl)Cc1ccc(C(C)C)cc1. The Kier molecular flexibility index (Phi) is 4.47. The largest absolute Gasteiger partial charge is 0.123 e. The number of alkyl halides is 1. The zero-order valence-corrected chi connectivity index (χ0v) is 10.0. The van der Waals surface area contributed by atoms with Gasteiger partial charge in [0.1, 0.15) is 0 Å². The molecule has 0 aromatic heterocycles. The van der Waals surface area contributed by atoms with Crippen LogP contribution in [0.5, 0.6) is 0 Å². The molecule has 78 valence electrons. The molecule has 0 saturated carbocycles. The summed E-state index contributed by atoms with van der Waals surface area (Å²) in [6.45, 7) is 6.55. The number of hydrogen-bond donors (Lipinski definition) is 0.